The van der Waals surface area contributed by atoms with Gasteiger partial charge in [-0.1, -0.05) is 30.3 Å². The Balaban J connectivity index is 1.94. The summed E-state index contributed by atoms with van der Waals surface area (Å²) in [6.07, 6.45) is 0. The van der Waals surface area contributed by atoms with E-state index in [1.165, 1.54) is 0 Å². The average Bonchev–Trinajstić information content (AvgIpc) is 2.53. The van der Waals surface area contributed by atoms with Crippen LogP contribution in [0.1, 0.15) is 5.56 Å². The molecule has 1 N–H and O–H groups in total. The molecule has 0 atom stereocenters. The summed E-state index contributed by atoms with van der Waals surface area (Å²) in [4.78, 5) is 13.6. The van der Waals surface area contributed by atoms with Crippen molar-refractivity contribution in [2.75, 3.05) is 19.1 Å². The van der Waals surface area contributed by atoms with Crippen LogP contribution in [0.15, 0.2) is 54.6 Å². The number of nitrogens with one attached hydrogen (secondary N) is 1. The molecule has 0 radical (unpaired) electrons. The van der Waals surface area contributed by atoms with E-state index in [9.17, 15) is 4.79 Å². The quantitative estimate of drug-likeness (QED) is 0.927. The molecule has 0 heterocycles. The second kappa shape index (κ2) is 6.61. The number of methoxy groups -OCH3 is 1. The van der Waals surface area contributed by atoms with Crippen LogP contribution in [0.25, 0.3) is 0 Å². The highest BCUT2D eigenvalue weighted by Gasteiger charge is 2.10. The van der Waals surface area contributed by atoms with Gasteiger partial charge in [-0.25, -0.2) is 4.79 Å². The van der Waals surface area contributed by atoms with Crippen LogP contribution in [-0.4, -0.2) is 20.2 Å². The zero-order valence-electron chi connectivity index (χ0n) is 11.7. The Morgan fingerprint density at radius 1 is 1.10 bits per heavy atom. The Labute approximate surface area is 119 Å². The highest BCUT2D eigenvalue weighted by atomic mass is 16.5. The normalized spacial score (nSPS) is 9.90. The van der Waals surface area contributed by atoms with Crippen molar-refractivity contribution in [3.8, 4) is 5.75 Å². The lowest BCUT2D eigenvalue weighted by atomic mass is 10.2. The summed E-state index contributed by atoms with van der Waals surface area (Å²) in [5, 5.41) is 2.88. The van der Waals surface area contributed by atoms with Gasteiger partial charge in [0.2, 0.25) is 0 Å². The van der Waals surface area contributed by atoms with Gasteiger partial charge in [0.1, 0.15) is 5.75 Å². The number of urea groups is 1. The highest BCUT2D eigenvalue weighted by Crippen LogP contribution is 2.18. The Bertz CT molecular complexity index is 552. The summed E-state index contributed by atoms with van der Waals surface area (Å²) in [5.41, 5.74) is 1.89. The first-order valence-corrected chi connectivity index (χ1v) is 6.40. The van der Waals surface area contributed by atoms with Crippen molar-refractivity contribution in [2.24, 2.45) is 0 Å². The summed E-state index contributed by atoms with van der Waals surface area (Å²) < 4.78 is 5.10. The van der Waals surface area contributed by atoms with Crippen LogP contribution in [0.4, 0.5) is 10.5 Å². The van der Waals surface area contributed by atoms with Crippen LogP contribution in [0.3, 0.4) is 0 Å². The summed E-state index contributed by atoms with van der Waals surface area (Å²) in [7, 11) is 3.35. The molecule has 0 aliphatic heterocycles. The molecular weight excluding hydrogens is 252 g/mol. The molecule has 0 fully saturated rings. The predicted molar refractivity (Wildman–Crippen MR) is 80.1 cm³/mol. The second-order valence-corrected chi connectivity index (χ2v) is 4.40. The van der Waals surface area contributed by atoms with Gasteiger partial charge in [-0.15, -0.1) is 0 Å². The second-order valence-electron chi connectivity index (χ2n) is 4.40. The van der Waals surface area contributed by atoms with Crippen molar-refractivity contribution in [2.45, 2.75) is 6.54 Å². The molecule has 0 spiro atoms. The van der Waals surface area contributed by atoms with E-state index in [0.717, 1.165) is 17.0 Å². The topological polar surface area (TPSA) is 41.6 Å². The molecule has 0 aliphatic rings. The molecule has 0 aromatic heterocycles. The molecule has 0 bridgehead atoms. The molecule has 0 saturated heterocycles. The monoisotopic (exact) mass is 270 g/mol. The van der Waals surface area contributed by atoms with Gasteiger partial charge < -0.3 is 10.1 Å². The highest BCUT2D eigenvalue weighted by molar-refractivity contribution is 5.91. The van der Waals surface area contributed by atoms with E-state index >= 15 is 0 Å². The molecule has 2 aromatic rings. The maximum atomic E-state index is 12.1. The maximum absolute atomic E-state index is 12.1. The maximum Gasteiger partial charge on any atom is 0.321 e. The molecule has 2 amide bonds. The number of hydrogen-bond acceptors (Lipinski definition) is 2. The average molecular weight is 270 g/mol. The summed E-state index contributed by atoms with van der Waals surface area (Å²) in [5.74, 6) is 0.770. The van der Waals surface area contributed by atoms with Gasteiger partial charge in [-0.2, -0.15) is 0 Å². The summed E-state index contributed by atoms with van der Waals surface area (Å²) in [6.45, 7) is 0.514. The molecule has 104 valence electrons. The van der Waals surface area contributed by atoms with Crippen LogP contribution in [0.5, 0.6) is 5.75 Å². The van der Waals surface area contributed by atoms with E-state index in [-0.39, 0.29) is 6.03 Å². The van der Waals surface area contributed by atoms with Crippen LogP contribution in [0, 0.1) is 0 Å². The number of nitrogens with zero attached hydrogens (tertiary/aromatic N) is 1. The van der Waals surface area contributed by atoms with Gasteiger partial charge >= 0.3 is 6.03 Å². The molecule has 2 rings (SSSR count). The van der Waals surface area contributed by atoms with Crippen molar-refractivity contribution in [3.63, 3.8) is 0 Å². The Hall–Kier alpha value is -2.49. The zero-order chi connectivity index (χ0) is 14.4. The number of hydrogen-bond donors (Lipinski definition) is 1. The van der Waals surface area contributed by atoms with Crippen molar-refractivity contribution in [1.82, 2.24) is 5.32 Å². The van der Waals surface area contributed by atoms with Crippen LogP contribution in [-0.2, 0) is 6.54 Å². The molecule has 0 saturated carbocycles. The molecule has 4 heteroatoms. The summed E-state index contributed by atoms with van der Waals surface area (Å²) in [6, 6.07) is 17.0. The van der Waals surface area contributed by atoms with Crippen LogP contribution < -0.4 is 15.0 Å². The van der Waals surface area contributed by atoms with Gasteiger partial charge in [0, 0.05) is 19.3 Å². The van der Waals surface area contributed by atoms with E-state index < -0.39 is 0 Å². The summed E-state index contributed by atoms with van der Waals surface area (Å²) >= 11 is 0. The fourth-order valence-corrected chi connectivity index (χ4v) is 1.82. The van der Waals surface area contributed by atoms with Gasteiger partial charge in [-0.05, 0) is 29.8 Å². The zero-order valence-corrected chi connectivity index (χ0v) is 11.7. The van der Waals surface area contributed by atoms with Crippen molar-refractivity contribution in [1.29, 1.82) is 0 Å². The Kier molecular flexibility index (Phi) is 4.60. The van der Waals surface area contributed by atoms with Crippen molar-refractivity contribution < 1.29 is 9.53 Å². The third-order valence-electron chi connectivity index (χ3n) is 3.05. The SMILES string of the molecule is COc1ccc(N(C)C(=O)NCc2ccccc2)cc1. The minimum absolute atomic E-state index is 0.140. The number of benzene rings is 2. The standard InChI is InChI=1S/C16H18N2O2/c1-18(14-8-10-15(20-2)11-9-14)16(19)17-12-13-6-4-3-5-7-13/h3-11H,12H2,1-2H3,(H,17,19). The Morgan fingerprint density at radius 2 is 1.75 bits per heavy atom. The van der Waals surface area contributed by atoms with E-state index in [0.29, 0.717) is 6.54 Å². The van der Waals surface area contributed by atoms with E-state index in [4.69, 9.17) is 4.74 Å². The number of anilines is 1. The third kappa shape index (κ3) is 3.51. The molecule has 2 aromatic carbocycles. The lowest BCUT2D eigenvalue weighted by molar-refractivity contribution is 0.247. The number of carbonyl (C=O) groups is 1. The first-order chi connectivity index (χ1) is 9.70. The first kappa shape index (κ1) is 13.9. The number of carbonyl (C=O) groups excluding carboxylic acids is 1. The molecule has 4 nitrogen and oxygen atoms in total. The van der Waals surface area contributed by atoms with Gasteiger partial charge in [0.05, 0.1) is 7.11 Å². The number of rotatable bonds is 4. The van der Waals surface area contributed by atoms with Crippen LogP contribution in [0.2, 0.25) is 0 Å². The van der Waals surface area contributed by atoms with E-state index in [1.54, 1.807) is 19.1 Å². The van der Waals surface area contributed by atoms with Gasteiger partial charge in [0.15, 0.2) is 0 Å². The molecular formula is C16H18N2O2. The predicted octanol–water partition coefficient (Wildman–Crippen LogP) is 3.04. The largest absolute Gasteiger partial charge is 0.497 e. The van der Waals surface area contributed by atoms with Crippen LogP contribution >= 0.6 is 0 Å². The van der Waals surface area contributed by atoms with Crippen molar-refractivity contribution >= 4 is 11.7 Å². The third-order valence-corrected chi connectivity index (χ3v) is 3.05. The molecule has 0 unspecified atom stereocenters. The van der Waals surface area contributed by atoms with Gasteiger partial charge in [0.25, 0.3) is 0 Å². The number of ether oxygens (including phenoxy) is 1. The van der Waals surface area contributed by atoms with E-state index in [1.807, 2.05) is 54.6 Å². The Morgan fingerprint density at radius 3 is 2.35 bits per heavy atom. The van der Waals surface area contributed by atoms with Crippen molar-refractivity contribution in [3.05, 3.63) is 60.2 Å². The lowest BCUT2D eigenvalue weighted by Gasteiger charge is -2.18. The fraction of sp³-hybridized carbons (Fsp3) is 0.188. The first-order valence-electron chi connectivity index (χ1n) is 6.40. The molecule has 20 heavy (non-hydrogen) atoms. The lowest BCUT2D eigenvalue weighted by Crippen LogP contribution is -2.36. The fourth-order valence-electron chi connectivity index (χ4n) is 1.82. The number of amides is 2. The minimum Gasteiger partial charge on any atom is -0.497 e. The molecule has 0 aliphatic carbocycles. The smallest absolute Gasteiger partial charge is 0.321 e. The minimum atomic E-state index is -0.140. The van der Waals surface area contributed by atoms with Gasteiger partial charge in [-0.3, -0.25) is 4.90 Å². The van der Waals surface area contributed by atoms with E-state index in [2.05, 4.69) is 5.32 Å².